The molecule has 2 nitrogen and oxygen atoms in total. The average molecular weight is 372 g/mol. The highest BCUT2D eigenvalue weighted by molar-refractivity contribution is 5.72. The molecule has 0 saturated heterocycles. The zero-order chi connectivity index (χ0) is 13.0. The Morgan fingerprint density at radius 2 is 1.74 bits per heavy atom. The van der Waals surface area contributed by atoms with Crippen LogP contribution >= 0.6 is 0 Å². The molecule has 0 aliphatic heterocycles. The number of halogens is 1. The quantitative estimate of drug-likeness (QED) is 0.525. The summed E-state index contributed by atoms with van der Waals surface area (Å²) in [6.07, 6.45) is 5.02. The van der Waals surface area contributed by atoms with Crippen LogP contribution in [0.15, 0.2) is 24.3 Å². The second kappa shape index (κ2) is 7.88. The van der Waals surface area contributed by atoms with E-state index in [1.807, 2.05) is 0 Å². The zero-order valence-electron chi connectivity index (χ0n) is 12.3. The van der Waals surface area contributed by atoms with E-state index < -0.39 is 0 Å². The molecule has 0 N–H and O–H groups in total. The third-order valence-electron chi connectivity index (χ3n) is 3.72. The maximum absolute atomic E-state index is 2.48. The summed E-state index contributed by atoms with van der Waals surface area (Å²) in [5.41, 5.74) is 2.78. The lowest BCUT2D eigenvalue weighted by Crippen LogP contribution is -3.00. The van der Waals surface area contributed by atoms with Crippen LogP contribution in [-0.4, -0.2) is 4.57 Å². The number of benzene rings is 1. The van der Waals surface area contributed by atoms with E-state index >= 15 is 0 Å². The molecule has 0 radical (unpaired) electrons. The SMILES string of the molecule is CCCCn1c(C)[n+](CCCC)c2ccccc21.[I-]. The summed E-state index contributed by atoms with van der Waals surface area (Å²) in [6.45, 7) is 9.05. The number of aryl methyl sites for hydroxylation is 2. The van der Waals surface area contributed by atoms with Gasteiger partial charge in [-0.2, -0.15) is 0 Å². The number of hydrogen-bond donors (Lipinski definition) is 0. The first kappa shape index (κ1) is 16.5. The molecular weight excluding hydrogens is 347 g/mol. The van der Waals surface area contributed by atoms with Crippen LogP contribution in [0.1, 0.15) is 45.4 Å². The van der Waals surface area contributed by atoms with Crippen molar-refractivity contribution >= 4 is 11.0 Å². The topological polar surface area (TPSA) is 8.81 Å². The van der Waals surface area contributed by atoms with E-state index in [1.165, 1.54) is 42.5 Å². The first-order valence-electron chi connectivity index (χ1n) is 7.27. The van der Waals surface area contributed by atoms with Crippen molar-refractivity contribution < 1.29 is 28.5 Å². The van der Waals surface area contributed by atoms with E-state index in [0.717, 1.165) is 13.1 Å². The Bertz CT molecular complexity index is 472. The van der Waals surface area contributed by atoms with Crippen molar-refractivity contribution in [2.45, 2.75) is 59.5 Å². The van der Waals surface area contributed by atoms with Gasteiger partial charge in [-0.3, -0.25) is 0 Å². The van der Waals surface area contributed by atoms with E-state index in [9.17, 15) is 0 Å². The summed E-state index contributed by atoms with van der Waals surface area (Å²) in [5.74, 6) is 1.40. The third kappa shape index (κ3) is 3.50. The van der Waals surface area contributed by atoms with Crippen molar-refractivity contribution in [3.05, 3.63) is 30.1 Å². The van der Waals surface area contributed by atoms with E-state index in [4.69, 9.17) is 0 Å². The molecule has 0 amide bonds. The summed E-state index contributed by atoms with van der Waals surface area (Å²) in [5, 5.41) is 0. The second-order valence-corrected chi connectivity index (χ2v) is 5.05. The van der Waals surface area contributed by atoms with Crippen LogP contribution in [0, 0.1) is 6.92 Å². The Balaban J connectivity index is 0.00000180. The minimum atomic E-state index is 0. The Hall–Kier alpha value is -0.580. The van der Waals surface area contributed by atoms with Gasteiger partial charge in [0.15, 0.2) is 11.0 Å². The summed E-state index contributed by atoms with van der Waals surface area (Å²) in [7, 11) is 0. The lowest BCUT2D eigenvalue weighted by molar-refractivity contribution is -0.678. The normalized spacial score (nSPS) is 10.7. The molecule has 0 aliphatic rings. The molecule has 106 valence electrons. The van der Waals surface area contributed by atoms with Crippen LogP contribution < -0.4 is 28.5 Å². The standard InChI is InChI=1S/C16H25N2.HI/c1-4-6-12-17-14(3)18(13-7-5-2)16-11-9-8-10-15(16)17;/h8-11H,4-7,12-13H2,1-3H3;1H/q+1;/p-1. The summed E-state index contributed by atoms with van der Waals surface area (Å²) in [4.78, 5) is 0. The van der Waals surface area contributed by atoms with Crippen LogP contribution in [0.25, 0.3) is 11.0 Å². The van der Waals surface area contributed by atoms with Gasteiger partial charge in [0, 0.05) is 6.92 Å². The Labute approximate surface area is 133 Å². The lowest BCUT2D eigenvalue weighted by Gasteiger charge is -2.00. The van der Waals surface area contributed by atoms with Crippen molar-refractivity contribution in [2.75, 3.05) is 0 Å². The fourth-order valence-corrected chi connectivity index (χ4v) is 2.61. The van der Waals surface area contributed by atoms with E-state index in [0.29, 0.717) is 0 Å². The van der Waals surface area contributed by atoms with Crippen LogP contribution in [0.3, 0.4) is 0 Å². The van der Waals surface area contributed by atoms with Gasteiger partial charge >= 0.3 is 0 Å². The van der Waals surface area contributed by atoms with E-state index in [-0.39, 0.29) is 24.0 Å². The van der Waals surface area contributed by atoms with Gasteiger partial charge in [-0.25, -0.2) is 9.13 Å². The van der Waals surface area contributed by atoms with Crippen molar-refractivity contribution in [1.29, 1.82) is 0 Å². The largest absolute Gasteiger partial charge is 1.00 e. The van der Waals surface area contributed by atoms with Gasteiger partial charge < -0.3 is 24.0 Å². The molecular formula is C16H25IN2. The molecule has 0 spiro atoms. The zero-order valence-corrected chi connectivity index (χ0v) is 14.5. The molecule has 3 heteroatoms. The molecule has 1 heterocycles. The number of nitrogens with zero attached hydrogens (tertiary/aromatic N) is 2. The van der Waals surface area contributed by atoms with Gasteiger partial charge in [-0.15, -0.1) is 0 Å². The fourth-order valence-electron chi connectivity index (χ4n) is 2.61. The van der Waals surface area contributed by atoms with Crippen LogP contribution in [0.2, 0.25) is 0 Å². The maximum Gasteiger partial charge on any atom is 0.254 e. The van der Waals surface area contributed by atoms with Crippen molar-refractivity contribution in [3.8, 4) is 0 Å². The van der Waals surface area contributed by atoms with Gasteiger partial charge in [0.25, 0.3) is 5.82 Å². The van der Waals surface area contributed by atoms with Gasteiger partial charge in [0.05, 0.1) is 13.1 Å². The predicted octanol–water partition coefficient (Wildman–Crippen LogP) is 0.841. The van der Waals surface area contributed by atoms with Gasteiger partial charge in [-0.05, 0) is 25.0 Å². The Morgan fingerprint density at radius 3 is 2.42 bits per heavy atom. The van der Waals surface area contributed by atoms with Crippen molar-refractivity contribution in [1.82, 2.24) is 4.57 Å². The first-order chi connectivity index (χ1) is 8.79. The highest BCUT2D eigenvalue weighted by Gasteiger charge is 2.19. The number of aromatic nitrogens is 2. The van der Waals surface area contributed by atoms with Crippen LogP contribution in [-0.2, 0) is 13.1 Å². The highest BCUT2D eigenvalue weighted by atomic mass is 127. The number of imidazole rings is 1. The smallest absolute Gasteiger partial charge is 0.254 e. The highest BCUT2D eigenvalue weighted by Crippen LogP contribution is 2.15. The molecule has 0 bridgehead atoms. The monoisotopic (exact) mass is 372 g/mol. The minimum absolute atomic E-state index is 0. The van der Waals surface area contributed by atoms with Crippen molar-refractivity contribution in [2.24, 2.45) is 0 Å². The minimum Gasteiger partial charge on any atom is -1.00 e. The second-order valence-electron chi connectivity index (χ2n) is 5.05. The predicted molar refractivity (Wildman–Crippen MR) is 76.7 cm³/mol. The van der Waals surface area contributed by atoms with Crippen LogP contribution in [0.5, 0.6) is 0 Å². The van der Waals surface area contributed by atoms with Crippen LogP contribution in [0.4, 0.5) is 0 Å². The Morgan fingerprint density at radius 1 is 1.05 bits per heavy atom. The Kier molecular flexibility index (Phi) is 6.83. The van der Waals surface area contributed by atoms with Gasteiger partial charge in [0.2, 0.25) is 0 Å². The number of hydrogen-bond acceptors (Lipinski definition) is 0. The average Bonchev–Trinajstić information content (AvgIpc) is 2.66. The van der Waals surface area contributed by atoms with E-state index in [2.05, 4.69) is 54.2 Å². The van der Waals surface area contributed by atoms with E-state index in [1.54, 1.807) is 0 Å². The molecule has 1 aromatic heterocycles. The maximum atomic E-state index is 2.48. The van der Waals surface area contributed by atoms with Crippen molar-refractivity contribution in [3.63, 3.8) is 0 Å². The number of para-hydroxylation sites is 2. The molecule has 0 aliphatic carbocycles. The molecule has 19 heavy (non-hydrogen) atoms. The molecule has 2 rings (SSSR count). The summed E-state index contributed by atoms with van der Waals surface area (Å²) in [6, 6.07) is 8.80. The summed E-state index contributed by atoms with van der Waals surface area (Å²) >= 11 is 0. The molecule has 0 saturated carbocycles. The third-order valence-corrected chi connectivity index (χ3v) is 3.72. The number of unbranched alkanes of at least 4 members (excludes halogenated alkanes) is 2. The fraction of sp³-hybridized carbons (Fsp3) is 0.562. The molecule has 1 aromatic carbocycles. The molecule has 0 unspecified atom stereocenters. The molecule has 0 atom stereocenters. The lowest BCUT2D eigenvalue weighted by atomic mass is 10.3. The molecule has 2 aromatic rings. The van der Waals surface area contributed by atoms with Gasteiger partial charge in [-0.1, -0.05) is 38.8 Å². The first-order valence-corrected chi connectivity index (χ1v) is 7.27. The summed E-state index contributed by atoms with van der Waals surface area (Å²) < 4.78 is 4.96. The molecule has 0 fully saturated rings. The number of fused-ring (bicyclic) bond motifs is 1. The van der Waals surface area contributed by atoms with Gasteiger partial charge in [0.1, 0.15) is 0 Å². The number of rotatable bonds is 6.